The van der Waals surface area contributed by atoms with E-state index in [-0.39, 0.29) is 5.92 Å². The molecule has 0 aliphatic carbocycles. The van der Waals surface area contributed by atoms with E-state index in [1.54, 1.807) is 13.8 Å². The summed E-state index contributed by atoms with van der Waals surface area (Å²) < 4.78 is 0. The zero-order chi connectivity index (χ0) is 13.1. The van der Waals surface area contributed by atoms with Crippen molar-refractivity contribution in [3.05, 3.63) is 0 Å². The summed E-state index contributed by atoms with van der Waals surface area (Å²) in [5.41, 5.74) is 0. The van der Waals surface area contributed by atoms with Gasteiger partial charge in [0, 0.05) is 0 Å². The predicted octanol–water partition coefficient (Wildman–Crippen LogP) is 3.39. The van der Waals surface area contributed by atoms with E-state index >= 15 is 0 Å². The average Bonchev–Trinajstić information content (AvgIpc) is 2.30. The third kappa shape index (κ3) is 9.85. The van der Waals surface area contributed by atoms with Crippen molar-refractivity contribution in [2.75, 3.05) is 0 Å². The van der Waals surface area contributed by atoms with E-state index in [1.807, 2.05) is 0 Å². The van der Waals surface area contributed by atoms with E-state index in [4.69, 9.17) is 0 Å². The topological polar surface area (TPSA) is 52.6 Å². The highest BCUT2D eigenvalue weighted by Gasteiger charge is 2.12. The van der Waals surface area contributed by atoms with E-state index in [0.29, 0.717) is 6.42 Å². The van der Waals surface area contributed by atoms with Gasteiger partial charge in [-0.15, -0.1) is 0 Å². The summed E-state index contributed by atoms with van der Waals surface area (Å²) >= 11 is 0. The molecule has 0 heterocycles. The van der Waals surface area contributed by atoms with Crippen molar-refractivity contribution in [2.45, 2.75) is 65.7 Å². The van der Waals surface area contributed by atoms with Gasteiger partial charge in [-0.2, -0.15) is 0 Å². The van der Waals surface area contributed by atoms with E-state index in [2.05, 4.69) is 16.7 Å². The second kappa shape index (κ2) is 10.1. The highest BCUT2D eigenvalue weighted by molar-refractivity contribution is 5.73. The molecule has 0 saturated heterocycles. The number of carbonyl (C=O) groups is 2. The molecule has 0 N–H and O–H groups in total. The minimum atomic E-state index is -0.513. The van der Waals surface area contributed by atoms with Crippen LogP contribution in [0.1, 0.15) is 65.7 Å². The van der Waals surface area contributed by atoms with Gasteiger partial charge in [-0.3, -0.25) is 0 Å². The minimum absolute atomic E-state index is 0.281. The van der Waals surface area contributed by atoms with Gasteiger partial charge in [0.1, 0.15) is 0 Å². The van der Waals surface area contributed by atoms with Crippen LogP contribution >= 0.6 is 0 Å². The van der Waals surface area contributed by atoms with Crippen LogP contribution < -0.4 is 0 Å². The van der Waals surface area contributed by atoms with Crippen molar-refractivity contribution < 1.29 is 19.4 Å². The van der Waals surface area contributed by atoms with Crippen LogP contribution in [0.25, 0.3) is 0 Å². The molecule has 0 aromatic rings. The Bertz CT molecular complexity index is 223. The molecule has 0 fully saturated rings. The first-order valence-corrected chi connectivity index (χ1v) is 6.49. The van der Waals surface area contributed by atoms with Crippen molar-refractivity contribution in [1.29, 1.82) is 0 Å². The number of rotatable bonds is 8. The number of hydrogen-bond donors (Lipinski definition) is 0. The molecule has 0 amide bonds. The van der Waals surface area contributed by atoms with Gasteiger partial charge in [-0.05, 0) is 6.42 Å². The number of unbranched alkanes of at least 4 members (excludes halogenated alkanes) is 5. The Labute approximate surface area is 104 Å². The summed E-state index contributed by atoms with van der Waals surface area (Å²) in [6.07, 6.45) is 6.96. The lowest BCUT2D eigenvalue weighted by Gasteiger charge is -2.04. The van der Waals surface area contributed by atoms with Gasteiger partial charge < -0.3 is 0 Å². The first-order chi connectivity index (χ1) is 8.07. The SMILES string of the molecule is CCCCCCCCC(=O)OOC(=O)C(C)C. The van der Waals surface area contributed by atoms with Crippen molar-refractivity contribution in [3.63, 3.8) is 0 Å². The van der Waals surface area contributed by atoms with Crippen LogP contribution in [-0.2, 0) is 19.4 Å². The van der Waals surface area contributed by atoms with Gasteiger partial charge in [0.2, 0.25) is 0 Å². The van der Waals surface area contributed by atoms with Crippen molar-refractivity contribution >= 4 is 11.9 Å². The van der Waals surface area contributed by atoms with Crippen molar-refractivity contribution in [1.82, 2.24) is 0 Å². The summed E-state index contributed by atoms with van der Waals surface area (Å²) in [5.74, 6) is -1.26. The molecule has 4 nitrogen and oxygen atoms in total. The molecule has 0 unspecified atom stereocenters. The highest BCUT2D eigenvalue weighted by atomic mass is 17.2. The Morgan fingerprint density at radius 1 is 0.941 bits per heavy atom. The molecule has 0 rings (SSSR count). The zero-order valence-electron chi connectivity index (χ0n) is 11.2. The van der Waals surface area contributed by atoms with E-state index < -0.39 is 11.9 Å². The van der Waals surface area contributed by atoms with Crippen LogP contribution in [0.4, 0.5) is 0 Å². The van der Waals surface area contributed by atoms with Crippen LogP contribution in [0.15, 0.2) is 0 Å². The molecule has 0 radical (unpaired) electrons. The molecule has 0 aliphatic heterocycles. The standard InChI is InChI=1S/C13H24O4/c1-4-5-6-7-8-9-10-12(14)16-17-13(15)11(2)3/h11H,4-10H2,1-3H3. The molecule has 0 bridgehead atoms. The maximum atomic E-state index is 11.2. The molecular formula is C13H24O4. The maximum absolute atomic E-state index is 11.2. The van der Waals surface area contributed by atoms with Gasteiger partial charge in [0.05, 0.1) is 12.3 Å². The van der Waals surface area contributed by atoms with E-state index in [9.17, 15) is 9.59 Å². The molecule has 0 spiro atoms. The van der Waals surface area contributed by atoms with Crippen molar-refractivity contribution in [3.8, 4) is 0 Å². The van der Waals surface area contributed by atoms with Gasteiger partial charge in [0.25, 0.3) is 0 Å². The number of hydrogen-bond acceptors (Lipinski definition) is 4. The Hall–Kier alpha value is -1.06. The van der Waals surface area contributed by atoms with Gasteiger partial charge in [-0.25, -0.2) is 19.4 Å². The van der Waals surface area contributed by atoms with Gasteiger partial charge in [-0.1, -0.05) is 52.9 Å². The Morgan fingerprint density at radius 3 is 2.12 bits per heavy atom. The summed E-state index contributed by atoms with van der Waals surface area (Å²) in [4.78, 5) is 30.9. The number of carbonyl (C=O) groups excluding carboxylic acids is 2. The van der Waals surface area contributed by atoms with Crippen LogP contribution in [-0.4, -0.2) is 11.9 Å². The molecular weight excluding hydrogens is 220 g/mol. The van der Waals surface area contributed by atoms with Crippen LogP contribution in [0.5, 0.6) is 0 Å². The first-order valence-electron chi connectivity index (χ1n) is 6.49. The fourth-order valence-electron chi connectivity index (χ4n) is 1.28. The monoisotopic (exact) mass is 244 g/mol. The second-order valence-electron chi connectivity index (χ2n) is 4.53. The molecule has 4 heteroatoms. The van der Waals surface area contributed by atoms with Crippen LogP contribution in [0.2, 0.25) is 0 Å². The summed E-state index contributed by atoms with van der Waals surface area (Å²) in [5, 5.41) is 0. The molecule has 0 atom stereocenters. The van der Waals surface area contributed by atoms with Crippen molar-refractivity contribution in [2.24, 2.45) is 5.92 Å². The lowest BCUT2D eigenvalue weighted by atomic mass is 10.1. The lowest BCUT2D eigenvalue weighted by molar-refractivity contribution is -0.261. The van der Waals surface area contributed by atoms with Crippen LogP contribution in [0, 0.1) is 5.92 Å². The summed E-state index contributed by atoms with van der Waals surface area (Å²) in [6.45, 7) is 5.54. The van der Waals surface area contributed by atoms with Crippen LogP contribution in [0.3, 0.4) is 0 Å². The smallest absolute Gasteiger partial charge is 0.247 e. The normalized spacial score (nSPS) is 10.4. The van der Waals surface area contributed by atoms with E-state index in [1.165, 1.54) is 19.3 Å². The van der Waals surface area contributed by atoms with Gasteiger partial charge in [0.15, 0.2) is 0 Å². The highest BCUT2D eigenvalue weighted by Crippen LogP contribution is 2.07. The fourth-order valence-corrected chi connectivity index (χ4v) is 1.28. The molecule has 0 aromatic carbocycles. The predicted molar refractivity (Wildman–Crippen MR) is 65.0 cm³/mol. The third-order valence-electron chi connectivity index (χ3n) is 2.42. The minimum Gasteiger partial charge on any atom is -0.247 e. The third-order valence-corrected chi connectivity index (χ3v) is 2.42. The molecule has 0 saturated carbocycles. The molecule has 0 aliphatic rings. The Balaban J connectivity index is 3.38. The lowest BCUT2D eigenvalue weighted by Crippen LogP contribution is -2.15. The average molecular weight is 244 g/mol. The first kappa shape index (κ1) is 15.9. The molecule has 0 aromatic heterocycles. The molecule has 17 heavy (non-hydrogen) atoms. The fraction of sp³-hybridized carbons (Fsp3) is 0.846. The van der Waals surface area contributed by atoms with E-state index in [0.717, 1.165) is 19.3 Å². The maximum Gasteiger partial charge on any atom is 0.358 e. The summed E-state index contributed by atoms with van der Waals surface area (Å²) in [7, 11) is 0. The Kier molecular flexibility index (Phi) is 9.49. The zero-order valence-corrected chi connectivity index (χ0v) is 11.2. The molecule has 100 valence electrons. The summed E-state index contributed by atoms with van der Waals surface area (Å²) in [6, 6.07) is 0. The Morgan fingerprint density at radius 2 is 1.53 bits per heavy atom. The quantitative estimate of drug-likeness (QED) is 0.373. The van der Waals surface area contributed by atoms with Gasteiger partial charge >= 0.3 is 11.9 Å². The largest absolute Gasteiger partial charge is 0.358 e. The second-order valence-corrected chi connectivity index (χ2v) is 4.53.